The van der Waals surface area contributed by atoms with Crippen molar-refractivity contribution in [2.75, 3.05) is 13.7 Å². The summed E-state index contributed by atoms with van der Waals surface area (Å²) in [4.78, 5) is 14.8. The first-order valence-corrected chi connectivity index (χ1v) is 10.5. The minimum absolute atomic E-state index is 0.133. The second kappa shape index (κ2) is 8.59. The highest BCUT2D eigenvalue weighted by molar-refractivity contribution is 5.82. The molecular formula is C26H23N3O3. The van der Waals surface area contributed by atoms with Crippen molar-refractivity contribution in [2.24, 2.45) is 0 Å². The Bertz CT molecular complexity index is 1220. The molecule has 0 fully saturated rings. The van der Waals surface area contributed by atoms with Crippen LogP contribution in [0.15, 0.2) is 91.1 Å². The smallest absolute Gasteiger partial charge is 0.267 e. The molecule has 0 unspecified atom stereocenters. The maximum atomic E-state index is 13.1. The van der Waals surface area contributed by atoms with Gasteiger partial charge in [-0.15, -0.1) is 0 Å². The summed E-state index contributed by atoms with van der Waals surface area (Å²) in [5.74, 6) is 1.12. The molecule has 160 valence electrons. The Hall–Kier alpha value is -4.06. The Morgan fingerprint density at radius 1 is 0.969 bits per heavy atom. The fourth-order valence-corrected chi connectivity index (χ4v) is 3.80. The van der Waals surface area contributed by atoms with Crippen molar-refractivity contribution in [3.05, 3.63) is 96.7 Å². The van der Waals surface area contributed by atoms with Gasteiger partial charge >= 0.3 is 0 Å². The number of carbonyl (C=O) groups excluding carboxylic acids is 1. The monoisotopic (exact) mass is 425 g/mol. The van der Waals surface area contributed by atoms with E-state index in [4.69, 9.17) is 14.6 Å². The van der Waals surface area contributed by atoms with Crippen LogP contribution in [0.3, 0.4) is 0 Å². The first-order valence-electron chi connectivity index (χ1n) is 10.5. The predicted octanol–water partition coefficient (Wildman–Crippen LogP) is 4.34. The summed E-state index contributed by atoms with van der Waals surface area (Å²) >= 11 is 0. The quantitative estimate of drug-likeness (QED) is 0.477. The highest BCUT2D eigenvalue weighted by atomic mass is 16.6. The third-order valence-corrected chi connectivity index (χ3v) is 5.43. The van der Waals surface area contributed by atoms with Crippen LogP contribution in [0.2, 0.25) is 0 Å². The van der Waals surface area contributed by atoms with Crippen LogP contribution in [0.25, 0.3) is 16.9 Å². The van der Waals surface area contributed by atoms with Crippen LogP contribution in [0.4, 0.5) is 0 Å². The van der Waals surface area contributed by atoms with Gasteiger partial charge in [-0.05, 0) is 24.3 Å². The molecule has 3 aromatic carbocycles. The van der Waals surface area contributed by atoms with Crippen molar-refractivity contribution in [2.45, 2.75) is 12.6 Å². The van der Waals surface area contributed by atoms with Crippen LogP contribution in [-0.2, 0) is 11.3 Å². The minimum Gasteiger partial charge on any atom is -0.485 e. The van der Waals surface area contributed by atoms with Gasteiger partial charge in [0.25, 0.3) is 5.91 Å². The maximum absolute atomic E-state index is 13.1. The van der Waals surface area contributed by atoms with E-state index in [-0.39, 0.29) is 12.5 Å². The van der Waals surface area contributed by atoms with E-state index < -0.39 is 6.10 Å². The van der Waals surface area contributed by atoms with Crippen LogP contribution in [0, 0.1) is 0 Å². The van der Waals surface area contributed by atoms with Gasteiger partial charge in [0.05, 0.1) is 11.4 Å². The molecule has 1 aromatic heterocycles. The number of fused-ring (bicyclic) bond motifs is 1. The van der Waals surface area contributed by atoms with Crippen LogP contribution in [0.5, 0.6) is 11.5 Å². The Morgan fingerprint density at radius 2 is 1.62 bits per heavy atom. The van der Waals surface area contributed by atoms with Gasteiger partial charge in [-0.25, -0.2) is 4.68 Å². The highest BCUT2D eigenvalue weighted by Gasteiger charge is 2.30. The minimum atomic E-state index is -0.681. The molecule has 0 N–H and O–H groups in total. The number of hydrogen-bond donors (Lipinski definition) is 0. The molecule has 0 radical (unpaired) electrons. The van der Waals surface area contributed by atoms with E-state index >= 15 is 0 Å². The van der Waals surface area contributed by atoms with E-state index in [1.807, 2.05) is 95.8 Å². The number of aromatic nitrogens is 2. The first kappa shape index (κ1) is 19.9. The van der Waals surface area contributed by atoms with Gasteiger partial charge in [0.2, 0.25) is 6.10 Å². The van der Waals surface area contributed by atoms with Gasteiger partial charge in [0.15, 0.2) is 11.5 Å². The fourth-order valence-electron chi connectivity index (χ4n) is 3.80. The third kappa shape index (κ3) is 3.95. The van der Waals surface area contributed by atoms with Crippen LogP contribution >= 0.6 is 0 Å². The number of carbonyl (C=O) groups is 1. The number of nitrogens with zero attached hydrogens (tertiary/aromatic N) is 3. The van der Waals surface area contributed by atoms with Gasteiger partial charge < -0.3 is 14.4 Å². The van der Waals surface area contributed by atoms with Gasteiger partial charge in [0.1, 0.15) is 6.61 Å². The number of hydrogen-bond acceptors (Lipinski definition) is 4. The topological polar surface area (TPSA) is 56.6 Å². The van der Waals surface area contributed by atoms with E-state index in [1.165, 1.54) is 0 Å². The molecule has 0 bridgehead atoms. The third-order valence-electron chi connectivity index (χ3n) is 5.43. The van der Waals surface area contributed by atoms with Gasteiger partial charge in [-0.1, -0.05) is 60.7 Å². The molecule has 5 rings (SSSR count). The average molecular weight is 425 g/mol. The van der Waals surface area contributed by atoms with E-state index in [0.29, 0.717) is 18.0 Å². The lowest BCUT2D eigenvalue weighted by molar-refractivity contribution is -0.140. The molecular weight excluding hydrogens is 402 g/mol. The molecule has 0 saturated heterocycles. The molecule has 0 saturated carbocycles. The molecule has 0 aliphatic carbocycles. The molecule has 1 atom stereocenters. The number of benzene rings is 3. The summed E-state index contributed by atoms with van der Waals surface area (Å²) in [7, 11) is 1.78. The van der Waals surface area contributed by atoms with Crippen molar-refractivity contribution >= 4 is 5.91 Å². The van der Waals surface area contributed by atoms with Crippen molar-refractivity contribution in [1.82, 2.24) is 14.7 Å². The summed E-state index contributed by atoms with van der Waals surface area (Å²) in [6.07, 6.45) is 1.30. The summed E-state index contributed by atoms with van der Waals surface area (Å²) in [5, 5.41) is 4.83. The van der Waals surface area contributed by atoms with E-state index in [2.05, 4.69) is 0 Å². The Kier molecular flexibility index (Phi) is 5.34. The summed E-state index contributed by atoms with van der Waals surface area (Å²) in [6, 6.07) is 27.3. The molecule has 32 heavy (non-hydrogen) atoms. The first-order chi connectivity index (χ1) is 15.7. The summed E-state index contributed by atoms with van der Waals surface area (Å²) < 4.78 is 13.5. The normalized spacial score (nSPS) is 14.7. The number of amides is 1. The lowest BCUT2D eigenvalue weighted by Crippen LogP contribution is -2.44. The number of ether oxygens (including phenoxy) is 2. The predicted molar refractivity (Wildman–Crippen MR) is 122 cm³/mol. The molecule has 4 aromatic rings. The molecule has 2 heterocycles. The number of likely N-dealkylation sites (N-methyl/N-ethyl adjacent to an activating group) is 1. The standard InChI is InChI=1S/C26H23N3O3/c1-28(26(30)24-18-31-22-14-8-9-15-23(22)32-24)16-20-17-29(21-12-6-3-7-13-21)27-25(20)19-10-4-2-5-11-19/h2-15,17,24H,16,18H2,1H3/t24-/m1/s1. The largest absolute Gasteiger partial charge is 0.485 e. The molecule has 6 nitrogen and oxygen atoms in total. The van der Waals surface area contributed by atoms with Crippen molar-refractivity contribution in [3.63, 3.8) is 0 Å². The second-order valence-corrected chi connectivity index (χ2v) is 7.71. The second-order valence-electron chi connectivity index (χ2n) is 7.71. The Labute approximate surface area is 186 Å². The van der Waals surface area contributed by atoms with Crippen LogP contribution in [-0.4, -0.2) is 40.3 Å². The van der Waals surface area contributed by atoms with Gasteiger partial charge in [-0.3, -0.25) is 4.79 Å². The van der Waals surface area contributed by atoms with Crippen molar-refractivity contribution < 1.29 is 14.3 Å². The lowest BCUT2D eigenvalue weighted by atomic mass is 10.1. The molecule has 1 aliphatic heterocycles. The molecule has 0 spiro atoms. The fraction of sp³-hybridized carbons (Fsp3) is 0.154. The van der Waals surface area contributed by atoms with Gasteiger partial charge in [0, 0.05) is 30.9 Å². The van der Waals surface area contributed by atoms with E-state index in [0.717, 1.165) is 22.5 Å². The van der Waals surface area contributed by atoms with Crippen LogP contribution < -0.4 is 9.47 Å². The average Bonchev–Trinajstić information content (AvgIpc) is 3.28. The van der Waals surface area contributed by atoms with E-state index in [9.17, 15) is 4.79 Å². The SMILES string of the molecule is CN(Cc1cn(-c2ccccc2)nc1-c1ccccc1)C(=O)[C@H]1COc2ccccc2O1. The van der Waals surface area contributed by atoms with Gasteiger partial charge in [-0.2, -0.15) is 5.10 Å². The molecule has 1 aliphatic rings. The van der Waals surface area contributed by atoms with E-state index in [1.54, 1.807) is 11.9 Å². The molecule has 1 amide bonds. The Morgan fingerprint density at radius 3 is 2.38 bits per heavy atom. The Balaban J connectivity index is 1.40. The van der Waals surface area contributed by atoms with Crippen molar-refractivity contribution in [3.8, 4) is 28.4 Å². The zero-order valence-electron chi connectivity index (χ0n) is 17.7. The lowest BCUT2D eigenvalue weighted by Gasteiger charge is -2.28. The summed E-state index contributed by atoms with van der Waals surface area (Å²) in [6.45, 7) is 0.590. The molecule has 6 heteroatoms. The number of rotatable bonds is 5. The summed E-state index contributed by atoms with van der Waals surface area (Å²) in [5.41, 5.74) is 3.77. The van der Waals surface area contributed by atoms with Crippen molar-refractivity contribution in [1.29, 1.82) is 0 Å². The maximum Gasteiger partial charge on any atom is 0.267 e. The zero-order chi connectivity index (χ0) is 21.9. The zero-order valence-corrected chi connectivity index (χ0v) is 17.7. The number of para-hydroxylation sites is 3. The van der Waals surface area contributed by atoms with Crippen LogP contribution in [0.1, 0.15) is 5.56 Å². The highest BCUT2D eigenvalue weighted by Crippen LogP contribution is 2.31.